The van der Waals surface area contributed by atoms with E-state index in [9.17, 15) is 0 Å². The summed E-state index contributed by atoms with van der Waals surface area (Å²) in [7, 11) is 1.83. The fourth-order valence-electron chi connectivity index (χ4n) is 3.85. The Labute approximate surface area is 93.8 Å². The highest BCUT2D eigenvalue weighted by Gasteiger charge is 2.49. The van der Waals surface area contributed by atoms with Crippen LogP contribution < -0.4 is 5.32 Å². The van der Waals surface area contributed by atoms with Crippen molar-refractivity contribution in [3.8, 4) is 0 Å². The largest absolute Gasteiger partial charge is 0.385 e. The third kappa shape index (κ3) is 2.21. The minimum Gasteiger partial charge on any atom is -0.385 e. The molecule has 3 atom stereocenters. The van der Waals surface area contributed by atoms with Crippen molar-refractivity contribution in [1.82, 2.24) is 5.32 Å². The van der Waals surface area contributed by atoms with Crippen molar-refractivity contribution in [1.29, 1.82) is 0 Å². The van der Waals surface area contributed by atoms with Crippen LogP contribution in [0.2, 0.25) is 0 Å². The molecule has 2 aliphatic carbocycles. The maximum absolute atomic E-state index is 5.29. The molecule has 2 heteroatoms. The second-order valence-corrected chi connectivity index (χ2v) is 5.47. The summed E-state index contributed by atoms with van der Waals surface area (Å²) in [6.45, 7) is 5.46. The van der Waals surface area contributed by atoms with Crippen molar-refractivity contribution in [3.63, 3.8) is 0 Å². The fraction of sp³-hybridized carbons (Fsp3) is 1.00. The zero-order chi connectivity index (χ0) is 10.7. The first-order valence-electron chi connectivity index (χ1n) is 6.50. The van der Waals surface area contributed by atoms with Crippen LogP contribution in [-0.2, 0) is 4.74 Å². The number of rotatable bonds is 6. The minimum atomic E-state index is 0.578. The van der Waals surface area contributed by atoms with Gasteiger partial charge >= 0.3 is 0 Å². The molecule has 0 saturated heterocycles. The number of fused-ring (bicyclic) bond motifs is 2. The quantitative estimate of drug-likeness (QED) is 0.728. The Morgan fingerprint density at radius 1 is 1.40 bits per heavy atom. The topological polar surface area (TPSA) is 21.3 Å². The first-order chi connectivity index (χ1) is 7.30. The lowest BCUT2D eigenvalue weighted by molar-refractivity contribution is 0.0872. The summed E-state index contributed by atoms with van der Waals surface area (Å²) in [6, 6.07) is 0. The Morgan fingerprint density at radius 2 is 2.27 bits per heavy atom. The van der Waals surface area contributed by atoms with Gasteiger partial charge in [-0.15, -0.1) is 0 Å². The smallest absolute Gasteiger partial charge is 0.0468 e. The van der Waals surface area contributed by atoms with E-state index in [2.05, 4.69) is 12.2 Å². The number of methoxy groups -OCH3 is 1. The summed E-state index contributed by atoms with van der Waals surface area (Å²) in [5.41, 5.74) is 0.578. The van der Waals surface area contributed by atoms with E-state index in [0.717, 1.165) is 25.0 Å². The third-order valence-corrected chi connectivity index (χ3v) is 4.63. The molecule has 0 spiro atoms. The highest BCUT2D eigenvalue weighted by atomic mass is 16.5. The van der Waals surface area contributed by atoms with Gasteiger partial charge in [0, 0.05) is 20.3 Å². The molecule has 0 aromatic carbocycles. The van der Waals surface area contributed by atoms with Crippen molar-refractivity contribution in [2.75, 3.05) is 26.8 Å². The maximum Gasteiger partial charge on any atom is 0.0468 e. The molecule has 2 aliphatic rings. The van der Waals surface area contributed by atoms with Gasteiger partial charge in [0.05, 0.1) is 0 Å². The second kappa shape index (κ2) is 4.84. The average molecular weight is 211 g/mol. The van der Waals surface area contributed by atoms with Crippen LogP contribution in [0.4, 0.5) is 0 Å². The molecule has 0 amide bonds. The normalized spacial score (nSPS) is 38.8. The van der Waals surface area contributed by atoms with Gasteiger partial charge < -0.3 is 10.1 Å². The number of ether oxygens (including phenoxy) is 1. The van der Waals surface area contributed by atoms with Gasteiger partial charge in [-0.2, -0.15) is 0 Å². The van der Waals surface area contributed by atoms with E-state index in [0.29, 0.717) is 5.41 Å². The molecule has 0 aromatic heterocycles. The molecule has 2 saturated carbocycles. The van der Waals surface area contributed by atoms with Gasteiger partial charge in [-0.1, -0.05) is 13.3 Å². The summed E-state index contributed by atoms with van der Waals surface area (Å²) < 4.78 is 5.29. The second-order valence-electron chi connectivity index (χ2n) is 5.47. The zero-order valence-electron chi connectivity index (χ0n) is 10.2. The van der Waals surface area contributed by atoms with Crippen molar-refractivity contribution in [2.24, 2.45) is 17.3 Å². The average Bonchev–Trinajstić information content (AvgIpc) is 2.84. The lowest BCUT2D eigenvalue weighted by Crippen LogP contribution is -2.39. The number of hydrogen-bond acceptors (Lipinski definition) is 2. The summed E-state index contributed by atoms with van der Waals surface area (Å²) in [4.78, 5) is 0. The van der Waals surface area contributed by atoms with E-state index >= 15 is 0 Å². The molecule has 0 aromatic rings. The van der Waals surface area contributed by atoms with Gasteiger partial charge in [-0.05, 0) is 49.5 Å². The van der Waals surface area contributed by atoms with Crippen molar-refractivity contribution in [2.45, 2.75) is 39.0 Å². The van der Waals surface area contributed by atoms with Crippen LogP contribution in [-0.4, -0.2) is 26.8 Å². The Kier molecular flexibility index (Phi) is 3.68. The molecule has 3 unspecified atom stereocenters. The van der Waals surface area contributed by atoms with Gasteiger partial charge in [0.1, 0.15) is 0 Å². The predicted octanol–water partition coefficient (Wildman–Crippen LogP) is 2.44. The molecule has 2 fully saturated rings. The van der Waals surface area contributed by atoms with Crippen LogP contribution in [0, 0.1) is 17.3 Å². The molecule has 2 nitrogen and oxygen atoms in total. The Balaban J connectivity index is 1.96. The van der Waals surface area contributed by atoms with Crippen molar-refractivity contribution >= 4 is 0 Å². The monoisotopic (exact) mass is 211 g/mol. The molecule has 15 heavy (non-hydrogen) atoms. The van der Waals surface area contributed by atoms with Crippen LogP contribution in [0.5, 0.6) is 0 Å². The lowest BCUT2D eigenvalue weighted by atomic mass is 9.71. The predicted molar refractivity (Wildman–Crippen MR) is 62.9 cm³/mol. The van der Waals surface area contributed by atoms with Gasteiger partial charge in [-0.25, -0.2) is 0 Å². The summed E-state index contributed by atoms with van der Waals surface area (Å²) >= 11 is 0. The molecule has 0 aliphatic heterocycles. The van der Waals surface area contributed by atoms with Crippen molar-refractivity contribution in [3.05, 3.63) is 0 Å². The van der Waals surface area contributed by atoms with Crippen LogP contribution in [0.3, 0.4) is 0 Å². The SMILES string of the molecule is CCNCC1(CCOC)CC2CCC1C2. The standard InChI is InChI=1S/C13H25NO/c1-3-14-10-13(6-7-15-2)9-11-4-5-12(13)8-11/h11-12,14H,3-10H2,1-2H3. The van der Waals surface area contributed by atoms with Crippen LogP contribution in [0.15, 0.2) is 0 Å². The molecule has 0 heterocycles. The van der Waals surface area contributed by atoms with E-state index in [1.807, 2.05) is 7.11 Å². The molecule has 2 rings (SSSR count). The van der Waals surface area contributed by atoms with E-state index in [4.69, 9.17) is 4.74 Å². The zero-order valence-corrected chi connectivity index (χ0v) is 10.2. The number of hydrogen-bond donors (Lipinski definition) is 1. The Bertz CT molecular complexity index is 197. The molecule has 88 valence electrons. The summed E-state index contributed by atoms with van der Waals surface area (Å²) in [5.74, 6) is 2.02. The van der Waals surface area contributed by atoms with Gasteiger partial charge in [0.25, 0.3) is 0 Å². The molecular formula is C13H25NO. The van der Waals surface area contributed by atoms with Crippen LogP contribution in [0.1, 0.15) is 39.0 Å². The van der Waals surface area contributed by atoms with E-state index in [1.54, 1.807) is 0 Å². The summed E-state index contributed by atoms with van der Waals surface area (Å²) in [6.07, 6.45) is 7.17. The van der Waals surface area contributed by atoms with Crippen LogP contribution in [0.25, 0.3) is 0 Å². The minimum absolute atomic E-state index is 0.578. The van der Waals surface area contributed by atoms with Gasteiger partial charge in [0.15, 0.2) is 0 Å². The van der Waals surface area contributed by atoms with Gasteiger partial charge in [-0.3, -0.25) is 0 Å². The highest BCUT2D eigenvalue weighted by Crippen LogP contribution is 2.57. The summed E-state index contributed by atoms with van der Waals surface area (Å²) in [5, 5.41) is 3.57. The van der Waals surface area contributed by atoms with Gasteiger partial charge in [0.2, 0.25) is 0 Å². The van der Waals surface area contributed by atoms with E-state index in [-0.39, 0.29) is 0 Å². The maximum atomic E-state index is 5.29. The molecule has 2 bridgehead atoms. The molecule has 0 radical (unpaired) electrons. The molecular weight excluding hydrogens is 186 g/mol. The van der Waals surface area contributed by atoms with E-state index < -0.39 is 0 Å². The van der Waals surface area contributed by atoms with E-state index in [1.165, 1.54) is 38.6 Å². The fourth-order valence-corrected chi connectivity index (χ4v) is 3.85. The molecule has 1 N–H and O–H groups in total. The first-order valence-corrected chi connectivity index (χ1v) is 6.50. The number of nitrogens with one attached hydrogen (secondary N) is 1. The lowest BCUT2D eigenvalue weighted by Gasteiger charge is -2.38. The first kappa shape index (κ1) is 11.4. The Hall–Kier alpha value is -0.0800. The highest BCUT2D eigenvalue weighted by molar-refractivity contribution is 5.01. The van der Waals surface area contributed by atoms with Crippen LogP contribution >= 0.6 is 0 Å². The van der Waals surface area contributed by atoms with Crippen molar-refractivity contribution < 1.29 is 4.74 Å². The Morgan fingerprint density at radius 3 is 2.80 bits per heavy atom. The third-order valence-electron chi connectivity index (χ3n) is 4.63.